The van der Waals surface area contributed by atoms with Gasteiger partial charge in [0, 0.05) is 5.92 Å². The summed E-state index contributed by atoms with van der Waals surface area (Å²) in [6, 6.07) is 0. The van der Waals surface area contributed by atoms with Gasteiger partial charge < -0.3 is 9.84 Å². The van der Waals surface area contributed by atoms with Gasteiger partial charge in [-0.05, 0) is 19.3 Å². The number of carboxylic acid groups (broad SMARTS) is 1. The van der Waals surface area contributed by atoms with Gasteiger partial charge in [-0.15, -0.1) is 0 Å². The first-order valence-electron chi connectivity index (χ1n) is 5.29. The molecular weight excluding hydrogens is 276 g/mol. The van der Waals surface area contributed by atoms with Crippen LogP contribution in [0.1, 0.15) is 13.3 Å². The van der Waals surface area contributed by atoms with E-state index in [0.717, 1.165) is 0 Å². The average molecular weight is 289 g/mol. The van der Waals surface area contributed by atoms with Gasteiger partial charge in [-0.2, -0.15) is 0 Å². The van der Waals surface area contributed by atoms with Crippen molar-refractivity contribution in [3.8, 4) is 0 Å². The molecule has 1 saturated carbocycles. The van der Waals surface area contributed by atoms with Crippen LogP contribution in [0.15, 0.2) is 12.2 Å². The van der Waals surface area contributed by atoms with E-state index in [1.807, 2.05) is 12.2 Å². The van der Waals surface area contributed by atoms with Crippen molar-refractivity contribution < 1.29 is 19.4 Å². The summed E-state index contributed by atoms with van der Waals surface area (Å²) in [6.07, 6.45) is 4.51. The fourth-order valence-corrected chi connectivity index (χ4v) is 3.70. The van der Waals surface area contributed by atoms with Gasteiger partial charge in [0.05, 0.1) is 12.5 Å². The van der Waals surface area contributed by atoms with Gasteiger partial charge in [0.25, 0.3) is 0 Å². The van der Waals surface area contributed by atoms with E-state index in [1.165, 1.54) is 0 Å². The molecule has 0 aromatic heterocycles. The molecule has 16 heavy (non-hydrogen) atoms. The number of halogens is 1. The van der Waals surface area contributed by atoms with Crippen LogP contribution in [-0.2, 0) is 14.3 Å². The Kier molecular flexibility index (Phi) is 2.82. The molecule has 1 N–H and O–H groups in total. The zero-order valence-electron chi connectivity index (χ0n) is 8.85. The number of carbonyl (C=O) groups excluding carboxylic acids is 1. The third-order valence-corrected chi connectivity index (χ3v) is 4.80. The minimum Gasteiger partial charge on any atom is -0.481 e. The molecule has 0 unspecified atom stereocenters. The van der Waals surface area contributed by atoms with Crippen LogP contribution in [0, 0.1) is 17.8 Å². The zero-order valence-corrected chi connectivity index (χ0v) is 10.4. The maximum atomic E-state index is 11.9. The first kappa shape index (κ1) is 11.6. The lowest BCUT2D eigenvalue weighted by molar-refractivity contribution is -0.155. The maximum Gasteiger partial charge on any atom is 0.324 e. The van der Waals surface area contributed by atoms with Crippen molar-refractivity contribution in [2.24, 2.45) is 17.8 Å². The highest BCUT2D eigenvalue weighted by molar-refractivity contribution is 9.10. The van der Waals surface area contributed by atoms with E-state index in [4.69, 9.17) is 4.74 Å². The summed E-state index contributed by atoms with van der Waals surface area (Å²) < 4.78 is 3.90. The summed E-state index contributed by atoms with van der Waals surface area (Å²) in [5.74, 6) is -2.26. The van der Waals surface area contributed by atoms with Gasteiger partial charge in [-0.1, -0.05) is 28.1 Å². The smallest absolute Gasteiger partial charge is 0.324 e. The minimum absolute atomic E-state index is 0.0636. The van der Waals surface area contributed by atoms with Crippen LogP contribution in [0.4, 0.5) is 0 Å². The third-order valence-electron chi connectivity index (χ3n) is 3.39. The summed E-state index contributed by atoms with van der Waals surface area (Å²) in [6.45, 7) is 1.98. The lowest BCUT2D eigenvalue weighted by atomic mass is 9.83. The number of fused-ring (bicyclic) bond motifs is 2. The van der Waals surface area contributed by atoms with Crippen LogP contribution in [0.5, 0.6) is 0 Å². The number of ether oxygens (including phenoxy) is 1. The van der Waals surface area contributed by atoms with Crippen LogP contribution in [0.25, 0.3) is 0 Å². The molecule has 0 aromatic carbocycles. The molecule has 0 amide bonds. The molecule has 2 bridgehead atoms. The number of hydrogen-bond acceptors (Lipinski definition) is 3. The van der Waals surface area contributed by atoms with Crippen molar-refractivity contribution >= 4 is 27.9 Å². The van der Waals surface area contributed by atoms with E-state index >= 15 is 0 Å². The second kappa shape index (κ2) is 3.87. The standard InChI is InChI=1S/C11H13BrO4/c1-2-16-10(15)11(12)7-4-3-6(5-7)8(11)9(13)14/h3-4,6-8H,2,5H2,1H3,(H,13,14)/t6-,7-,8-,11-/m0/s1. The van der Waals surface area contributed by atoms with Crippen LogP contribution >= 0.6 is 15.9 Å². The molecule has 0 aromatic rings. The van der Waals surface area contributed by atoms with Gasteiger partial charge in [0.1, 0.15) is 4.32 Å². The van der Waals surface area contributed by atoms with Crippen molar-refractivity contribution in [3.63, 3.8) is 0 Å². The van der Waals surface area contributed by atoms with E-state index in [9.17, 15) is 14.7 Å². The van der Waals surface area contributed by atoms with Crippen LogP contribution < -0.4 is 0 Å². The topological polar surface area (TPSA) is 63.6 Å². The molecule has 0 aliphatic heterocycles. The Hall–Kier alpha value is -0.840. The fraction of sp³-hybridized carbons (Fsp3) is 0.636. The molecule has 0 spiro atoms. The molecular formula is C11H13BrO4. The summed E-state index contributed by atoms with van der Waals surface area (Å²) in [5, 5.41) is 9.22. The molecule has 2 aliphatic carbocycles. The SMILES string of the molecule is CCOC(=O)[C@@]1(Br)[C@H](C(=O)O)[C@H]2C=C[C@H]1C2. The second-order valence-electron chi connectivity index (χ2n) is 4.20. The number of allylic oxidation sites excluding steroid dienone is 2. The molecule has 88 valence electrons. The molecule has 0 radical (unpaired) electrons. The Bertz CT molecular complexity index is 365. The first-order chi connectivity index (χ1) is 7.51. The Balaban J connectivity index is 2.34. The van der Waals surface area contributed by atoms with Crippen LogP contribution in [0.2, 0.25) is 0 Å². The lowest BCUT2D eigenvalue weighted by Gasteiger charge is -2.31. The highest BCUT2D eigenvalue weighted by Crippen LogP contribution is 2.55. The quantitative estimate of drug-likeness (QED) is 0.487. The number of esters is 1. The van der Waals surface area contributed by atoms with Gasteiger partial charge in [0.2, 0.25) is 0 Å². The number of aliphatic carboxylic acids is 1. The molecule has 4 atom stereocenters. The maximum absolute atomic E-state index is 11.9. The van der Waals surface area contributed by atoms with E-state index < -0.39 is 22.2 Å². The lowest BCUT2D eigenvalue weighted by Crippen LogP contribution is -2.47. The summed E-state index contributed by atoms with van der Waals surface area (Å²) in [4.78, 5) is 23.1. The van der Waals surface area contributed by atoms with Crippen LogP contribution in [-0.4, -0.2) is 28.0 Å². The molecule has 5 heteroatoms. The molecule has 0 heterocycles. The Morgan fingerprint density at radius 1 is 1.56 bits per heavy atom. The van der Waals surface area contributed by atoms with Crippen molar-refractivity contribution in [1.29, 1.82) is 0 Å². The highest BCUT2D eigenvalue weighted by atomic mass is 79.9. The second-order valence-corrected chi connectivity index (χ2v) is 5.51. The molecule has 0 saturated heterocycles. The summed E-state index contributed by atoms with van der Waals surface area (Å²) in [5.41, 5.74) is 0. The third kappa shape index (κ3) is 1.41. The number of hydrogen-bond donors (Lipinski definition) is 1. The predicted molar refractivity (Wildman–Crippen MR) is 60.2 cm³/mol. The van der Waals surface area contributed by atoms with E-state index in [2.05, 4.69) is 15.9 Å². The number of carboxylic acids is 1. The van der Waals surface area contributed by atoms with Crippen molar-refractivity contribution in [2.45, 2.75) is 17.7 Å². The molecule has 2 aliphatic rings. The van der Waals surface area contributed by atoms with E-state index in [-0.39, 0.29) is 18.4 Å². The zero-order chi connectivity index (χ0) is 11.9. The molecule has 2 rings (SSSR count). The molecule has 1 fully saturated rings. The van der Waals surface area contributed by atoms with Crippen molar-refractivity contribution in [2.75, 3.05) is 6.61 Å². The summed E-state index contributed by atoms with van der Waals surface area (Å²) in [7, 11) is 0. The minimum atomic E-state index is -1.08. The highest BCUT2D eigenvalue weighted by Gasteiger charge is 2.63. The number of rotatable bonds is 3. The van der Waals surface area contributed by atoms with Crippen molar-refractivity contribution in [1.82, 2.24) is 0 Å². The fourth-order valence-electron chi connectivity index (χ4n) is 2.71. The number of carbonyl (C=O) groups is 2. The summed E-state index contributed by atoms with van der Waals surface area (Å²) >= 11 is 3.33. The first-order valence-corrected chi connectivity index (χ1v) is 6.08. The van der Waals surface area contributed by atoms with Crippen LogP contribution in [0.3, 0.4) is 0 Å². The predicted octanol–water partition coefficient (Wildman–Crippen LogP) is 1.59. The van der Waals surface area contributed by atoms with Gasteiger partial charge >= 0.3 is 11.9 Å². The van der Waals surface area contributed by atoms with Gasteiger partial charge in [-0.25, -0.2) is 0 Å². The Morgan fingerprint density at radius 3 is 2.81 bits per heavy atom. The Labute approximate surface area is 102 Å². The monoisotopic (exact) mass is 288 g/mol. The van der Waals surface area contributed by atoms with E-state index in [1.54, 1.807) is 6.92 Å². The van der Waals surface area contributed by atoms with E-state index in [0.29, 0.717) is 6.42 Å². The normalized spacial score (nSPS) is 40.0. The largest absolute Gasteiger partial charge is 0.481 e. The van der Waals surface area contributed by atoms with Gasteiger partial charge in [0.15, 0.2) is 0 Å². The molecule has 4 nitrogen and oxygen atoms in total. The Morgan fingerprint density at radius 2 is 2.25 bits per heavy atom. The van der Waals surface area contributed by atoms with Gasteiger partial charge in [-0.3, -0.25) is 9.59 Å². The van der Waals surface area contributed by atoms with Crippen molar-refractivity contribution in [3.05, 3.63) is 12.2 Å². The number of alkyl halides is 1. The average Bonchev–Trinajstić information content (AvgIpc) is 2.76.